The summed E-state index contributed by atoms with van der Waals surface area (Å²) in [4.78, 5) is 0. The molecule has 64 heavy (non-hydrogen) atoms. The SMILES string of the molecule is Cc1ccc(-c2c3cc(OC(F)(F)F)ccc3c(-c3ccc(OC(F)(F)F)cc3)c3c(-c4ccc(F)cc4)c4cc(OC(F)(F)F)ccc4c(-c4ccc(OC(F)(F)F)cc4)c23)cc1. The quantitative estimate of drug-likeness (QED) is 0.112. The maximum atomic E-state index is 14.7. The summed E-state index contributed by atoms with van der Waals surface area (Å²) < 4.78 is 195. The molecular weight excluding hydrogens is 875 g/mol. The van der Waals surface area contributed by atoms with Gasteiger partial charge in [-0.25, -0.2) is 4.39 Å². The number of halogens is 13. The summed E-state index contributed by atoms with van der Waals surface area (Å²) in [5.74, 6) is -3.40. The molecule has 0 aliphatic carbocycles. The molecule has 0 N–H and O–H groups in total. The predicted octanol–water partition coefficient (Wildman–Crippen LogP) is 15.9. The van der Waals surface area contributed by atoms with Crippen LogP contribution in [0.5, 0.6) is 23.0 Å². The topological polar surface area (TPSA) is 36.9 Å². The maximum absolute atomic E-state index is 14.7. The molecule has 0 fully saturated rings. The van der Waals surface area contributed by atoms with Crippen molar-refractivity contribution in [1.82, 2.24) is 0 Å². The van der Waals surface area contributed by atoms with Gasteiger partial charge >= 0.3 is 25.4 Å². The van der Waals surface area contributed by atoms with Crippen molar-refractivity contribution in [2.45, 2.75) is 32.4 Å². The van der Waals surface area contributed by atoms with E-state index >= 15 is 0 Å². The van der Waals surface area contributed by atoms with Crippen molar-refractivity contribution in [3.8, 4) is 67.5 Å². The van der Waals surface area contributed by atoms with Crippen LogP contribution in [0.25, 0.3) is 76.8 Å². The highest BCUT2D eigenvalue weighted by molar-refractivity contribution is 6.34. The Morgan fingerprint density at radius 1 is 0.312 bits per heavy atom. The van der Waals surface area contributed by atoms with E-state index in [1.54, 1.807) is 31.2 Å². The maximum Gasteiger partial charge on any atom is 0.573 e. The Morgan fingerprint density at radius 3 is 0.906 bits per heavy atom. The van der Waals surface area contributed by atoms with Gasteiger partial charge in [-0.2, -0.15) is 0 Å². The second kappa shape index (κ2) is 15.9. The summed E-state index contributed by atoms with van der Waals surface area (Å²) in [6.07, 6.45) is -20.6. The van der Waals surface area contributed by atoms with Gasteiger partial charge in [-0.1, -0.05) is 78.4 Å². The summed E-state index contributed by atoms with van der Waals surface area (Å²) in [5.41, 5.74) is 2.11. The van der Waals surface area contributed by atoms with Crippen molar-refractivity contribution < 1.29 is 76.0 Å². The molecule has 0 aromatic heterocycles. The predicted molar refractivity (Wildman–Crippen MR) is 212 cm³/mol. The van der Waals surface area contributed by atoms with Gasteiger partial charge in [0.15, 0.2) is 0 Å². The number of hydrogen-bond donors (Lipinski definition) is 0. The van der Waals surface area contributed by atoms with E-state index in [1.807, 2.05) is 0 Å². The minimum absolute atomic E-state index is 0.0102. The molecular formula is C47H25F13O4. The lowest BCUT2D eigenvalue weighted by Crippen LogP contribution is -2.17. The van der Waals surface area contributed by atoms with Crippen LogP contribution in [0.2, 0.25) is 0 Å². The third kappa shape index (κ3) is 9.28. The molecule has 0 bridgehead atoms. The molecule has 0 heterocycles. The number of hydrogen-bond acceptors (Lipinski definition) is 4. The first-order valence-corrected chi connectivity index (χ1v) is 18.6. The summed E-state index contributed by atoms with van der Waals surface area (Å²) >= 11 is 0. The van der Waals surface area contributed by atoms with Gasteiger partial charge in [0.2, 0.25) is 0 Å². The molecule has 0 atom stereocenters. The van der Waals surface area contributed by atoms with Crippen molar-refractivity contribution in [2.75, 3.05) is 0 Å². The number of ether oxygens (including phenoxy) is 4. The molecule has 17 heteroatoms. The molecule has 0 aliphatic rings. The van der Waals surface area contributed by atoms with Crippen LogP contribution in [0, 0.1) is 12.7 Å². The van der Waals surface area contributed by atoms with Crippen molar-refractivity contribution in [1.29, 1.82) is 0 Å². The van der Waals surface area contributed by atoms with Gasteiger partial charge in [-0.05, 0) is 144 Å². The van der Waals surface area contributed by atoms with Crippen LogP contribution in [0.1, 0.15) is 5.56 Å². The van der Waals surface area contributed by atoms with E-state index < -0.39 is 54.3 Å². The Labute approximate surface area is 352 Å². The Morgan fingerprint density at radius 2 is 0.578 bits per heavy atom. The molecule has 0 unspecified atom stereocenters. The second-order valence-electron chi connectivity index (χ2n) is 14.3. The summed E-state index contributed by atoms with van der Waals surface area (Å²) in [7, 11) is 0. The lowest BCUT2D eigenvalue weighted by molar-refractivity contribution is -0.275. The van der Waals surface area contributed by atoms with Gasteiger partial charge < -0.3 is 18.9 Å². The van der Waals surface area contributed by atoms with Gasteiger partial charge in [-0.3, -0.25) is 0 Å². The molecule has 0 aliphatic heterocycles. The Hall–Kier alpha value is -7.17. The fourth-order valence-corrected chi connectivity index (χ4v) is 7.76. The van der Waals surface area contributed by atoms with Crippen LogP contribution in [0.4, 0.5) is 57.1 Å². The lowest BCUT2D eigenvalue weighted by Gasteiger charge is -2.26. The van der Waals surface area contributed by atoms with Crippen molar-refractivity contribution in [3.05, 3.63) is 145 Å². The molecule has 8 aromatic carbocycles. The second-order valence-corrected chi connectivity index (χ2v) is 14.3. The largest absolute Gasteiger partial charge is 0.573 e. The first-order chi connectivity index (χ1) is 30.0. The highest BCUT2D eigenvalue weighted by atomic mass is 19.4. The number of aryl methyl sites for hydroxylation is 1. The van der Waals surface area contributed by atoms with Crippen LogP contribution in [-0.4, -0.2) is 25.4 Å². The third-order valence-electron chi connectivity index (χ3n) is 10.0. The average molecular weight is 901 g/mol. The number of rotatable bonds is 8. The van der Waals surface area contributed by atoms with Crippen LogP contribution < -0.4 is 18.9 Å². The van der Waals surface area contributed by atoms with E-state index in [0.29, 0.717) is 5.56 Å². The fourth-order valence-electron chi connectivity index (χ4n) is 7.76. The monoisotopic (exact) mass is 900 g/mol. The van der Waals surface area contributed by atoms with Gasteiger partial charge in [0, 0.05) is 0 Å². The molecule has 8 aromatic rings. The van der Waals surface area contributed by atoms with E-state index in [1.165, 1.54) is 48.5 Å². The van der Waals surface area contributed by atoms with E-state index in [2.05, 4.69) is 18.9 Å². The Bertz CT molecular complexity index is 2820. The zero-order chi connectivity index (χ0) is 45.9. The molecule has 328 valence electrons. The standard InChI is InChI=1S/C47H25F13O4/c1-24-2-4-25(5-3-24)40-36-22-32(63-46(55,56)57)18-20-34(36)39(28-10-16-31(17-11-28)62-45(52,53)54)43-41(26-6-12-29(48)13-7-26)37-23-33(64-47(58,59)60)19-21-35(37)38(42(40)43)27-8-14-30(15-9-27)61-44(49,50)51/h2-23H,1H3. The normalized spacial score (nSPS) is 12.5. The van der Waals surface area contributed by atoms with Crippen molar-refractivity contribution in [2.24, 2.45) is 0 Å². The molecule has 0 amide bonds. The van der Waals surface area contributed by atoms with Gasteiger partial charge in [0.25, 0.3) is 0 Å². The zero-order valence-electron chi connectivity index (χ0n) is 32.2. The summed E-state index contributed by atoms with van der Waals surface area (Å²) in [6.45, 7) is 1.77. The smallest absolute Gasteiger partial charge is 0.406 e. The molecule has 8 rings (SSSR count). The molecule has 0 saturated heterocycles. The van der Waals surface area contributed by atoms with E-state index in [0.717, 1.165) is 66.2 Å². The Kier molecular flexibility index (Phi) is 10.8. The number of alkyl halides is 12. The van der Waals surface area contributed by atoms with Gasteiger partial charge in [-0.15, -0.1) is 52.7 Å². The molecule has 0 radical (unpaired) electrons. The molecule has 4 nitrogen and oxygen atoms in total. The van der Waals surface area contributed by atoms with E-state index in [-0.39, 0.29) is 71.3 Å². The number of fused-ring (bicyclic) bond motifs is 3. The third-order valence-corrected chi connectivity index (χ3v) is 10.0. The first-order valence-electron chi connectivity index (χ1n) is 18.6. The van der Waals surface area contributed by atoms with Gasteiger partial charge in [0.05, 0.1) is 0 Å². The summed E-state index contributed by atoms with van der Waals surface area (Å²) in [6, 6.07) is 27.0. The fraction of sp³-hybridized carbons (Fsp3) is 0.106. The average Bonchev–Trinajstić information content (AvgIpc) is 3.18. The van der Waals surface area contributed by atoms with Crippen LogP contribution in [-0.2, 0) is 0 Å². The highest BCUT2D eigenvalue weighted by Gasteiger charge is 2.35. The summed E-state index contributed by atoms with van der Waals surface area (Å²) in [5, 5.41) is 0.672. The minimum atomic E-state index is -5.20. The minimum Gasteiger partial charge on any atom is -0.406 e. The lowest BCUT2D eigenvalue weighted by atomic mass is 9.77. The van der Waals surface area contributed by atoms with Crippen LogP contribution in [0.15, 0.2) is 133 Å². The van der Waals surface area contributed by atoms with Gasteiger partial charge in [0.1, 0.15) is 28.8 Å². The van der Waals surface area contributed by atoms with Crippen LogP contribution in [0.3, 0.4) is 0 Å². The molecule has 0 saturated carbocycles. The zero-order valence-corrected chi connectivity index (χ0v) is 32.2. The van der Waals surface area contributed by atoms with Crippen LogP contribution >= 0.6 is 0 Å². The molecule has 0 spiro atoms. The van der Waals surface area contributed by atoms with Crippen molar-refractivity contribution >= 4 is 32.3 Å². The number of benzene rings is 8. The first kappa shape index (κ1) is 43.5. The van der Waals surface area contributed by atoms with Crippen molar-refractivity contribution in [3.63, 3.8) is 0 Å². The van der Waals surface area contributed by atoms with E-state index in [9.17, 15) is 57.1 Å². The van der Waals surface area contributed by atoms with E-state index in [4.69, 9.17) is 0 Å². The highest BCUT2D eigenvalue weighted by Crippen LogP contribution is 2.55. The Balaban J connectivity index is 1.67.